The van der Waals surface area contributed by atoms with Gasteiger partial charge in [0.1, 0.15) is 12.4 Å². The number of hydrogen-bond donors (Lipinski definition) is 1. The van der Waals surface area contributed by atoms with Crippen molar-refractivity contribution in [3.8, 4) is 5.75 Å². The Morgan fingerprint density at radius 3 is 2.93 bits per heavy atom. The summed E-state index contributed by atoms with van der Waals surface area (Å²) in [7, 11) is 0. The summed E-state index contributed by atoms with van der Waals surface area (Å²) in [4.78, 5) is 0. The van der Waals surface area contributed by atoms with Crippen LogP contribution in [0.2, 0.25) is 0 Å². The molecule has 0 saturated heterocycles. The summed E-state index contributed by atoms with van der Waals surface area (Å²) in [6.07, 6.45) is 2.56. The number of nitrogens with two attached hydrogens (primary N) is 1. The summed E-state index contributed by atoms with van der Waals surface area (Å²) in [5.41, 5.74) is 6.65. The second-order valence-electron chi connectivity index (χ2n) is 2.89. The van der Waals surface area contributed by atoms with Gasteiger partial charge in [-0.2, -0.15) is 0 Å². The Hall–Kier alpha value is -0.800. The highest BCUT2D eigenvalue weighted by Crippen LogP contribution is 2.23. The van der Waals surface area contributed by atoms with Crippen molar-refractivity contribution >= 4 is 15.9 Å². The molecule has 0 unspecified atom stereocenters. The lowest BCUT2D eigenvalue weighted by atomic mass is 10.1. The first kappa shape index (κ1) is 11.3. The normalized spacial score (nSPS) is 9.86. The van der Waals surface area contributed by atoms with E-state index in [4.69, 9.17) is 10.5 Å². The van der Waals surface area contributed by atoms with Gasteiger partial charge >= 0.3 is 0 Å². The zero-order valence-corrected chi connectivity index (χ0v) is 9.59. The minimum Gasteiger partial charge on any atom is -0.489 e. The van der Waals surface area contributed by atoms with Crippen molar-refractivity contribution in [1.82, 2.24) is 0 Å². The average molecular weight is 256 g/mol. The third kappa shape index (κ3) is 3.16. The Bertz CT molecular complexity index is 312. The lowest BCUT2D eigenvalue weighted by Gasteiger charge is -2.09. The van der Waals surface area contributed by atoms with Crippen molar-refractivity contribution in [1.29, 1.82) is 0 Å². The fourth-order valence-electron chi connectivity index (χ4n) is 1.19. The van der Waals surface area contributed by atoms with E-state index in [1.54, 1.807) is 6.08 Å². The zero-order chi connectivity index (χ0) is 10.4. The summed E-state index contributed by atoms with van der Waals surface area (Å²) in [5, 5.41) is 0. The number of hydrogen-bond acceptors (Lipinski definition) is 2. The zero-order valence-electron chi connectivity index (χ0n) is 8.00. The molecule has 0 radical (unpaired) electrons. The molecule has 0 bridgehead atoms. The van der Waals surface area contributed by atoms with E-state index in [1.807, 2.05) is 18.2 Å². The highest BCUT2D eigenvalue weighted by Gasteiger charge is 2.02. The lowest BCUT2D eigenvalue weighted by molar-refractivity contribution is 0.359. The van der Waals surface area contributed by atoms with Crippen molar-refractivity contribution in [2.24, 2.45) is 5.73 Å². The van der Waals surface area contributed by atoms with E-state index < -0.39 is 0 Å². The molecule has 0 aromatic heterocycles. The molecule has 76 valence electrons. The summed E-state index contributed by atoms with van der Waals surface area (Å²) >= 11 is 3.42. The standard InChI is InChI=1S/C11H14BrNO/c1-2-7-14-11-4-3-10(12)8-9(11)5-6-13/h2-4,8H,1,5-7,13H2. The van der Waals surface area contributed by atoms with E-state index in [2.05, 4.69) is 22.5 Å². The summed E-state index contributed by atoms with van der Waals surface area (Å²) in [6, 6.07) is 5.93. The van der Waals surface area contributed by atoms with Gasteiger partial charge in [0, 0.05) is 4.47 Å². The molecule has 2 N–H and O–H groups in total. The van der Waals surface area contributed by atoms with Crippen LogP contribution in [-0.4, -0.2) is 13.2 Å². The summed E-state index contributed by atoms with van der Waals surface area (Å²) in [6.45, 7) is 4.76. The van der Waals surface area contributed by atoms with Crippen LogP contribution in [0.15, 0.2) is 35.3 Å². The Morgan fingerprint density at radius 2 is 2.29 bits per heavy atom. The molecule has 1 rings (SSSR count). The Morgan fingerprint density at radius 1 is 1.50 bits per heavy atom. The van der Waals surface area contributed by atoms with Crippen LogP contribution in [0.25, 0.3) is 0 Å². The maximum Gasteiger partial charge on any atom is 0.123 e. The predicted molar refractivity (Wildman–Crippen MR) is 62.6 cm³/mol. The largest absolute Gasteiger partial charge is 0.489 e. The number of benzene rings is 1. The quantitative estimate of drug-likeness (QED) is 0.821. The Kier molecular flexibility index (Phi) is 4.70. The maximum atomic E-state index is 5.52. The highest BCUT2D eigenvalue weighted by molar-refractivity contribution is 9.10. The molecule has 0 aliphatic heterocycles. The highest BCUT2D eigenvalue weighted by atomic mass is 79.9. The minimum atomic E-state index is 0.527. The van der Waals surface area contributed by atoms with E-state index >= 15 is 0 Å². The molecule has 1 aromatic rings. The molecule has 0 saturated carbocycles. The maximum absolute atomic E-state index is 5.52. The fourth-order valence-corrected chi connectivity index (χ4v) is 1.60. The van der Waals surface area contributed by atoms with Gasteiger partial charge in [0.15, 0.2) is 0 Å². The van der Waals surface area contributed by atoms with E-state index in [9.17, 15) is 0 Å². The fraction of sp³-hybridized carbons (Fsp3) is 0.273. The summed E-state index contributed by atoms with van der Waals surface area (Å²) in [5.74, 6) is 0.888. The average Bonchev–Trinajstić information content (AvgIpc) is 2.17. The minimum absolute atomic E-state index is 0.527. The van der Waals surface area contributed by atoms with Gasteiger partial charge in [-0.05, 0) is 36.7 Å². The molecule has 0 heterocycles. The molecular formula is C11H14BrNO. The predicted octanol–water partition coefficient (Wildman–Crippen LogP) is 2.52. The first-order chi connectivity index (χ1) is 6.77. The van der Waals surface area contributed by atoms with Crippen molar-refractivity contribution in [2.45, 2.75) is 6.42 Å². The molecular weight excluding hydrogens is 242 g/mol. The molecule has 0 aliphatic rings. The SMILES string of the molecule is C=CCOc1ccc(Br)cc1CCN. The monoisotopic (exact) mass is 255 g/mol. The number of rotatable bonds is 5. The van der Waals surface area contributed by atoms with Crippen LogP contribution in [-0.2, 0) is 6.42 Å². The van der Waals surface area contributed by atoms with Gasteiger partial charge in [-0.3, -0.25) is 0 Å². The molecule has 1 aromatic carbocycles. The molecule has 14 heavy (non-hydrogen) atoms. The van der Waals surface area contributed by atoms with Crippen LogP contribution in [0, 0.1) is 0 Å². The Balaban J connectivity index is 2.83. The molecule has 3 heteroatoms. The van der Waals surface area contributed by atoms with Crippen LogP contribution in [0.4, 0.5) is 0 Å². The summed E-state index contributed by atoms with van der Waals surface area (Å²) < 4.78 is 6.55. The number of ether oxygens (including phenoxy) is 1. The van der Waals surface area contributed by atoms with Crippen molar-refractivity contribution in [3.05, 3.63) is 40.9 Å². The van der Waals surface area contributed by atoms with E-state index in [1.165, 1.54) is 0 Å². The van der Waals surface area contributed by atoms with Crippen molar-refractivity contribution in [3.63, 3.8) is 0 Å². The first-order valence-electron chi connectivity index (χ1n) is 4.50. The van der Waals surface area contributed by atoms with Crippen LogP contribution >= 0.6 is 15.9 Å². The van der Waals surface area contributed by atoms with Crippen molar-refractivity contribution < 1.29 is 4.74 Å². The smallest absolute Gasteiger partial charge is 0.123 e. The van der Waals surface area contributed by atoms with Crippen LogP contribution in [0.5, 0.6) is 5.75 Å². The van der Waals surface area contributed by atoms with Gasteiger partial charge < -0.3 is 10.5 Å². The third-order valence-corrected chi connectivity index (χ3v) is 2.29. The second-order valence-corrected chi connectivity index (χ2v) is 3.81. The third-order valence-electron chi connectivity index (χ3n) is 1.79. The molecule has 0 atom stereocenters. The molecule has 0 fully saturated rings. The second kappa shape index (κ2) is 5.83. The number of halogens is 1. The van der Waals surface area contributed by atoms with E-state index in [0.29, 0.717) is 13.2 Å². The van der Waals surface area contributed by atoms with Gasteiger partial charge in [0.2, 0.25) is 0 Å². The first-order valence-corrected chi connectivity index (χ1v) is 5.29. The molecule has 0 spiro atoms. The van der Waals surface area contributed by atoms with E-state index in [0.717, 1.165) is 22.2 Å². The molecule has 2 nitrogen and oxygen atoms in total. The van der Waals surface area contributed by atoms with Gasteiger partial charge in [-0.25, -0.2) is 0 Å². The molecule has 0 aliphatic carbocycles. The van der Waals surface area contributed by atoms with Gasteiger partial charge in [0.05, 0.1) is 0 Å². The van der Waals surface area contributed by atoms with Gasteiger partial charge in [-0.15, -0.1) is 0 Å². The van der Waals surface area contributed by atoms with E-state index in [-0.39, 0.29) is 0 Å². The topological polar surface area (TPSA) is 35.2 Å². The molecule has 0 amide bonds. The van der Waals surface area contributed by atoms with Crippen LogP contribution in [0.1, 0.15) is 5.56 Å². The Labute approximate surface area is 92.9 Å². The van der Waals surface area contributed by atoms with Crippen LogP contribution < -0.4 is 10.5 Å². The van der Waals surface area contributed by atoms with Gasteiger partial charge in [-0.1, -0.05) is 28.6 Å². The lowest BCUT2D eigenvalue weighted by Crippen LogP contribution is -2.05. The van der Waals surface area contributed by atoms with Crippen molar-refractivity contribution in [2.75, 3.05) is 13.2 Å². The van der Waals surface area contributed by atoms with Crippen LogP contribution in [0.3, 0.4) is 0 Å². The van der Waals surface area contributed by atoms with Gasteiger partial charge in [0.25, 0.3) is 0 Å².